The number of nitrogens with zero attached hydrogens (tertiary/aromatic N) is 1. The second kappa shape index (κ2) is 6.49. The Kier molecular flexibility index (Phi) is 4.95. The summed E-state index contributed by atoms with van der Waals surface area (Å²) < 4.78 is 7.33. The molecule has 0 saturated carbocycles. The normalized spacial score (nSPS) is 11.9. The molecule has 2 aromatic rings. The van der Waals surface area contributed by atoms with E-state index in [4.69, 9.17) is 4.74 Å². The summed E-state index contributed by atoms with van der Waals surface area (Å²) in [6.07, 6.45) is 1.03. The summed E-state index contributed by atoms with van der Waals surface area (Å²) in [4.78, 5) is 15.9. The van der Waals surface area contributed by atoms with E-state index in [-0.39, 0.29) is 5.91 Å². The maximum absolute atomic E-state index is 11.9. The lowest BCUT2D eigenvalue weighted by Gasteiger charge is -2.15. The Morgan fingerprint density at radius 1 is 1.47 bits per heavy atom. The topological polar surface area (TPSA) is 51.2 Å². The maximum Gasteiger partial charge on any atom is 0.266 e. The fourth-order valence-corrected chi connectivity index (χ4v) is 2.98. The Hall–Kier alpha value is -0.920. The Morgan fingerprint density at radius 3 is 2.89 bits per heavy atom. The first-order chi connectivity index (χ1) is 9.06. The van der Waals surface area contributed by atoms with E-state index in [1.807, 2.05) is 12.1 Å². The largest absolute Gasteiger partial charge is 0.480 e. The quantitative estimate of drug-likeness (QED) is 0.833. The molecule has 1 unspecified atom stereocenters. The Bertz CT molecular complexity index is 575. The molecule has 0 bridgehead atoms. The average Bonchev–Trinajstić information content (AvgIpc) is 2.85. The minimum Gasteiger partial charge on any atom is -0.480 e. The molecule has 1 aromatic heterocycles. The van der Waals surface area contributed by atoms with Crippen molar-refractivity contribution in [2.75, 3.05) is 5.32 Å². The fraction of sp³-hybridized carbons (Fsp3) is 0.167. The minimum absolute atomic E-state index is 0.232. The number of nitrogens with one attached hydrogen (secondary N) is 1. The van der Waals surface area contributed by atoms with Crippen LogP contribution in [0.25, 0.3) is 0 Å². The first-order valence-electron chi connectivity index (χ1n) is 5.38. The fourth-order valence-electron chi connectivity index (χ4n) is 1.31. The van der Waals surface area contributed by atoms with Crippen LogP contribution in [0.2, 0.25) is 0 Å². The van der Waals surface area contributed by atoms with Gasteiger partial charge in [-0.25, -0.2) is 4.98 Å². The van der Waals surface area contributed by atoms with Crippen molar-refractivity contribution in [2.24, 2.45) is 0 Å². The summed E-state index contributed by atoms with van der Waals surface area (Å²) in [6.45, 7) is 1.69. The number of anilines is 1. The van der Waals surface area contributed by atoms with Gasteiger partial charge in [-0.15, -0.1) is 11.3 Å². The van der Waals surface area contributed by atoms with E-state index in [0.29, 0.717) is 10.9 Å². The molecule has 4 nitrogen and oxygen atoms in total. The van der Waals surface area contributed by atoms with Crippen LogP contribution in [-0.4, -0.2) is 17.0 Å². The van der Waals surface area contributed by atoms with E-state index in [0.717, 1.165) is 8.95 Å². The van der Waals surface area contributed by atoms with Crippen molar-refractivity contribution >= 4 is 54.2 Å². The smallest absolute Gasteiger partial charge is 0.266 e. The molecule has 1 N–H and O–H groups in total. The van der Waals surface area contributed by atoms with Gasteiger partial charge in [-0.1, -0.05) is 15.9 Å². The Morgan fingerprint density at radius 2 is 2.26 bits per heavy atom. The number of hydrogen-bond donors (Lipinski definition) is 1. The number of carbonyl (C=O) groups excluding carboxylic acids is 1. The molecule has 0 radical (unpaired) electrons. The zero-order valence-electron chi connectivity index (χ0n) is 9.89. The van der Waals surface area contributed by atoms with Crippen molar-refractivity contribution in [1.82, 2.24) is 4.98 Å². The highest BCUT2D eigenvalue weighted by atomic mass is 79.9. The van der Waals surface area contributed by atoms with Crippen molar-refractivity contribution in [3.8, 4) is 5.75 Å². The minimum atomic E-state index is -0.610. The molecule has 1 heterocycles. The van der Waals surface area contributed by atoms with Gasteiger partial charge in [0.2, 0.25) is 0 Å². The molecule has 0 saturated heterocycles. The molecule has 7 heteroatoms. The molecule has 0 fully saturated rings. The third-order valence-electron chi connectivity index (χ3n) is 2.23. The van der Waals surface area contributed by atoms with Crippen LogP contribution in [0.1, 0.15) is 6.92 Å². The van der Waals surface area contributed by atoms with Crippen molar-refractivity contribution in [3.63, 3.8) is 0 Å². The van der Waals surface area contributed by atoms with E-state index in [9.17, 15) is 4.79 Å². The number of hydrogen-bond acceptors (Lipinski definition) is 4. The summed E-state index contributed by atoms with van der Waals surface area (Å²) in [5.41, 5.74) is 0. The van der Waals surface area contributed by atoms with Gasteiger partial charge in [0.15, 0.2) is 11.2 Å². The number of halogens is 2. The van der Waals surface area contributed by atoms with Gasteiger partial charge < -0.3 is 4.74 Å². The van der Waals surface area contributed by atoms with Gasteiger partial charge in [0.05, 0.1) is 4.47 Å². The predicted octanol–water partition coefficient (Wildman–Crippen LogP) is 4.07. The van der Waals surface area contributed by atoms with E-state index in [1.54, 1.807) is 24.6 Å². The summed E-state index contributed by atoms with van der Waals surface area (Å²) in [7, 11) is 0. The number of rotatable bonds is 4. The highest BCUT2D eigenvalue weighted by molar-refractivity contribution is 9.11. The van der Waals surface area contributed by atoms with Crippen LogP contribution < -0.4 is 10.1 Å². The zero-order chi connectivity index (χ0) is 13.8. The van der Waals surface area contributed by atoms with Crippen molar-refractivity contribution in [1.29, 1.82) is 0 Å². The molecular formula is C12H10Br2N2O2S. The van der Waals surface area contributed by atoms with Gasteiger partial charge in [-0.05, 0) is 41.1 Å². The second-order valence-electron chi connectivity index (χ2n) is 3.66. The maximum atomic E-state index is 11.9. The summed E-state index contributed by atoms with van der Waals surface area (Å²) in [5, 5.41) is 5.05. The predicted molar refractivity (Wildman–Crippen MR) is 82.7 cm³/mol. The number of thiazole rings is 1. The number of ether oxygens (including phenoxy) is 1. The number of carbonyl (C=O) groups is 1. The third-order valence-corrected chi connectivity index (χ3v) is 4.03. The van der Waals surface area contributed by atoms with E-state index in [2.05, 4.69) is 42.2 Å². The molecule has 19 heavy (non-hydrogen) atoms. The van der Waals surface area contributed by atoms with Crippen LogP contribution in [-0.2, 0) is 4.79 Å². The third kappa shape index (κ3) is 4.02. The molecular weight excluding hydrogens is 396 g/mol. The van der Waals surface area contributed by atoms with Gasteiger partial charge >= 0.3 is 0 Å². The molecule has 0 aliphatic rings. The average molecular weight is 406 g/mol. The number of benzene rings is 1. The van der Waals surface area contributed by atoms with Crippen LogP contribution in [0, 0.1) is 0 Å². The summed E-state index contributed by atoms with van der Waals surface area (Å²) in [6, 6.07) is 5.51. The first-order valence-corrected chi connectivity index (χ1v) is 7.85. The SMILES string of the molecule is CC(Oc1ccc(Br)cc1Br)C(=O)Nc1nccs1. The molecule has 2 rings (SSSR count). The van der Waals surface area contributed by atoms with Crippen molar-refractivity contribution in [2.45, 2.75) is 13.0 Å². The zero-order valence-corrected chi connectivity index (χ0v) is 13.9. The summed E-state index contributed by atoms with van der Waals surface area (Å²) >= 11 is 8.11. The highest BCUT2D eigenvalue weighted by Crippen LogP contribution is 2.29. The molecule has 1 atom stereocenters. The molecule has 100 valence electrons. The molecule has 0 aliphatic heterocycles. The van der Waals surface area contributed by atoms with Gasteiger partial charge in [-0.3, -0.25) is 10.1 Å². The lowest BCUT2D eigenvalue weighted by atomic mass is 10.3. The second-order valence-corrected chi connectivity index (χ2v) is 6.33. The standard InChI is InChI=1S/C12H10Br2N2O2S/c1-7(11(17)16-12-15-4-5-19-12)18-10-3-2-8(13)6-9(10)14/h2-7H,1H3,(H,15,16,17). The highest BCUT2D eigenvalue weighted by Gasteiger charge is 2.17. The lowest BCUT2D eigenvalue weighted by Crippen LogP contribution is -2.30. The monoisotopic (exact) mass is 404 g/mol. The number of amides is 1. The van der Waals surface area contributed by atoms with Crippen LogP contribution in [0.5, 0.6) is 5.75 Å². The number of aromatic nitrogens is 1. The van der Waals surface area contributed by atoms with Gasteiger partial charge in [0.25, 0.3) is 5.91 Å². The Balaban J connectivity index is 2.00. The van der Waals surface area contributed by atoms with Crippen molar-refractivity contribution in [3.05, 3.63) is 38.7 Å². The first kappa shape index (κ1) is 14.5. The molecule has 0 spiro atoms. The lowest BCUT2D eigenvalue weighted by molar-refractivity contribution is -0.122. The van der Waals surface area contributed by atoms with Gasteiger partial charge in [0, 0.05) is 16.0 Å². The van der Waals surface area contributed by atoms with Gasteiger partial charge in [0.1, 0.15) is 5.75 Å². The molecule has 1 aromatic carbocycles. The van der Waals surface area contributed by atoms with Crippen molar-refractivity contribution < 1.29 is 9.53 Å². The summed E-state index contributed by atoms with van der Waals surface area (Å²) in [5.74, 6) is 0.384. The Labute approximate surface area is 131 Å². The van der Waals surface area contributed by atoms with Crippen LogP contribution in [0.4, 0.5) is 5.13 Å². The van der Waals surface area contributed by atoms with Crippen LogP contribution in [0.3, 0.4) is 0 Å². The van der Waals surface area contributed by atoms with E-state index < -0.39 is 6.10 Å². The van der Waals surface area contributed by atoms with E-state index in [1.165, 1.54) is 11.3 Å². The van der Waals surface area contributed by atoms with Crippen LogP contribution >= 0.6 is 43.2 Å². The van der Waals surface area contributed by atoms with Crippen LogP contribution in [0.15, 0.2) is 38.7 Å². The van der Waals surface area contributed by atoms with E-state index >= 15 is 0 Å². The molecule has 1 amide bonds. The molecule has 0 aliphatic carbocycles. The van der Waals surface area contributed by atoms with Gasteiger partial charge in [-0.2, -0.15) is 0 Å².